The van der Waals surface area contributed by atoms with E-state index in [1.165, 1.54) is 6.07 Å². The number of H-pyrrole nitrogens is 1. The normalized spacial score (nSPS) is 21.5. The second-order valence-corrected chi connectivity index (χ2v) is 8.79. The van der Waals surface area contributed by atoms with Crippen LogP contribution in [0, 0.1) is 11.7 Å². The SMILES string of the molecule is CC1C(N(C)c2ccc(-c3ccc(-c4cn[nH]c4)cc3F)nn2)CCN(C)C1(C)C. The number of nitrogens with one attached hydrogen (secondary N) is 1. The van der Waals surface area contributed by atoms with E-state index in [0.29, 0.717) is 23.2 Å². The lowest BCUT2D eigenvalue weighted by molar-refractivity contribution is 0.0391. The summed E-state index contributed by atoms with van der Waals surface area (Å²) in [5.74, 6) is 0.955. The monoisotopic (exact) mass is 408 g/mol. The summed E-state index contributed by atoms with van der Waals surface area (Å²) in [6.45, 7) is 7.94. The second-order valence-electron chi connectivity index (χ2n) is 8.79. The summed E-state index contributed by atoms with van der Waals surface area (Å²) in [7, 11) is 4.26. The zero-order valence-corrected chi connectivity index (χ0v) is 18.2. The Balaban J connectivity index is 1.54. The molecule has 30 heavy (non-hydrogen) atoms. The van der Waals surface area contributed by atoms with Crippen molar-refractivity contribution in [2.24, 2.45) is 5.92 Å². The number of hydrogen-bond donors (Lipinski definition) is 1. The standard InChI is InChI=1S/C23H29FN6/c1-15-21(10-11-29(4)23(15,2)3)30(5)22-9-8-20(27-28-22)18-7-6-16(12-19(18)24)17-13-25-26-14-17/h6-9,12-15,21H,10-11H2,1-5H3,(H,25,26). The van der Waals surface area contributed by atoms with Crippen molar-refractivity contribution in [1.82, 2.24) is 25.3 Å². The van der Waals surface area contributed by atoms with E-state index >= 15 is 0 Å². The number of likely N-dealkylation sites (tertiary alicyclic amines) is 1. The molecule has 1 fully saturated rings. The Hall–Kier alpha value is -2.80. The highest BCUT2D eigenvalue weighted by Crippen LogP contribution is 2.35. The van der Waals surface area contributed by atoms with Crippen LogP contribution < -0.4 is 4.90 Å². The van der Waals surface area contributed by atoms with Gasteiger partial charge >= 0.3 is 0 Å². The van der Waals surface area contributed by atoms with Gasteiger partial charge in [-0.2, -0.15) is 5.10 Å². The first-order valence-electron chi connectivity index (χ1n) is 10.4. The number of benzene rings is 1. The molecule has 1 aliphatic rings. The van der Waals surface area contributed by atoms with Crippen LogP contribution in [-0.4, -0.2) is 57.5 Å². The van der Waals surface area contributed by atoms with Crippen molar-refractivity contribution in [2.75, 3.05) is 25.5 Å². The van der Waals surface area contributed by atoms with E-state index in [-0.39, 0.29) is 11.4 Å². The average Bonchev–Trinajstić information content (AvgIpc) is 3.27. The van der Waals surface area contributed by atoms with Gasteiger partial charge in [0.15, 0.2) is 5.82 Å². The first-order valence-corrected chi connectivity index (χ1v) is 10.4. The van der Waals surface area contributed by atoms with Crippen LogP contribution in [0.25, 0.3) is 22.4 Å². The van der Waals surface area contributed by atoms with E-state index < -0.39 is 0 Å². The highest BCUT2D eigenvalue weighted by molar-refractivity contribution is 5.68. The van der Waals surface area contributed by atoms with Gasteiger partial charge in [0.1, 0.15) is 5.82 Å². The third-order valence-corrected chi connectivity index (χ3v) is 7.02. The second kappa shape index (κ2) is 7.80. The van der Waals surface area contributed by atoms with Crippen LogP contribution in [0.4, 0.5) is 10.2 Å². The molecule has 0 amide bonds. The molecule has 1 aromatic carbocycles. The molecule has 0 saturated carbocycles. The van der Waals surface area contributed by atoms with Crippen LogP contribution in [0.1, 0.15) is 27.2 Å². The minimum atomic E-state index is -0.324. The average molecular weight is 409 g/mol. The molecule has 7 heteroatoms. The number of rotatable bonds is 4. The Morgan fingerprint density at radius 1 is 1.17 bits per heavy atom. The summed E-state index contributed by atoms with van der Waals surface area (Å²) >= 11 is 0. The number of aromatic nitrogens is 4. The van der Waals surface area contributed by atoms with Crippen molar-refractivity contribution in [3.63, 3.8) is 0 Å². The van der Waals surface area contributed by atoms with Gasteiger partial charge in [-0.3, -0.25) is 5.10 Å². The molecular weight excluding hydrogens is 379 g/mol. The minimum Gasteiger partial charge on any atom is -0.355 e. The van der Waals surface area contributed by atoms with Crippen molar-refractivity contribution in [3.8, 4) is 22.4 Å². The molecule has 3 aromatic rings. The highest BCUT2D eigenvalue weighted by Gasteiger charge is 2.41. The minimum absolute atomic E-state index is 0.115. The van der Waals surface area contributed by atoms with E-state index in [4.69, 9.17) is 0 Å². The third-order valence-electron chi connectivity index (χ3n) is 7.02. The molecule has 2 atom stereocenters. The Morgan fingerprint density at radius 3 is 2.60 bits per heavy atom. The lowest BCUT2D eigenvalue weighted by atomic mass is 9.77. The molecule has 1 aliphatic heterocycles. The molecule has 2 unspecified atom stereocenters. The van der Waals surface area contributed by atoms with Crippen molar-refractivity contribution in [3.05, 3.63) is 48.5 Å². The van der Waals surface area contributed by atoms with Gasteiger partial charge in [-0.1, -0.05) is 13.0 Å². The first-order chi connectivity index (χ1) is 14.3. The zero-order chi connectivity index (χ0) is 21.5. The van der Waals surface area contributed by atoms with Gasteiger partial charge < -0.3 is 9.80 Å². The zero-order valence-electron chi connectivity index (χ0n) is 18.2. The molecule has 4 rings (SSSR count). The number of nitrogens with zero attached hydrogens (tertiary/aromatic N) is 5. The predicted molar refractivity (Wildman–Crippen MR) is 118 cm³/mol. The molecule has 6 nitrogen and oxygen atoms in total. The van der Waals surface area contributed by atoms with E-state index in [9.17, 15) is 4.39 Å². The molecule has 0 aliphatic carbocycles. The molecule has 1 saturated heterocycles. The Morgan fingerprint density at radius 2 is 1.97 bits per heavy atom. The topological polar surface area (TPSA) is 60.9 Å². The van der Waals surface area contributed by atoms with Crippen molar-refractivity contribution in [1.29, 1.82) is 0 Å². The maximum atomic E-state index is 14.7. The molecular formula is C23H29FN6. The van der Waals surface area contributed by atoms with Gasteiger partial charge in [0.05, 0.1) is 11.9 Å². The molecule has 158 valence electrons. The van der Waals surface area contributed by atoms with Gasteiger partial charge in [-0.25, -0.2) is 4.39 Å². The summed E-state index contributed by atoms with van der Waals surface area (Å²) in [5, 5.41) is 15.4. The van der Waals surface area contributed by atoms with Gasteiger partial charge in [-0.05, 0) is 63.1 Å². The molecule has 2 aromatic heterocycles. The number of hydrogen-bond acceptors (Lipinski definition) is 5. The Bertz CT molecular complexity index is 999. The van der Waals surface area contributed by atoms with Gasteiger partial charge in [0.25, 0.3) is 0 Å². The van der Waals surface area contributed by atoms with Crippen LogP contribution in [0.5, 0.6) is 0 Å². The lowest BCUT2D eigenvalue weighted by Gasteiger charge is -2.51. The van der Waals surface area contributed by atoms with Crippen molar-refractivity contribution in [2.45, 2.75) is 38.8 Å². The highest BCUT2D eigenvalue weighted by atomic mass is 19.1. The maximum Gasteiger partial charge on any atom is 0.151 e. The predicted octanol–water partition coefficient (Wildman–Crippen LogP) is 4.23. The van der Waals surface area contributed by atoms with E-state index in [1.54, 1.807) is 18.5 Å². The van der Waals surface area contributed by atoms with E-state index in [0.717, 1.165) is 29.9 Å². The fraction of sp³-hybridized carbons (Fsp3) is 0.435. The molecule has 0 spiro atoms. The quantitative estimate of drug-likeness (QED) is 0.700. The van der Waals surface area contributed by atoms with Gasteiger partial charge in [0, 0.05) is 42.5 Å². The number of anilines is 1. The fourth-order valence-corrected chi connectivity index (χ4v) is 4.35. The van der Waals surface area contributed by atoms with E-state index in [2.05, 4.69) is 65.1 Å². The lowest BCUT2D eigenvalue weighted by Crippen LogP contribution is -2.59. The summed E-state index contributed by atoms with van der Waals surface area (Å²) in [5.41, 5.74) is 2.70. The first kappa shape index (κ1) is 20.5. The largest absolute Gasteiger partial charge is 0.355 e. The van der Waals surface area contributed by atoms with Crippen molar-refractivity contribution >= 4 is 5.82 Å². The Kier molecular flexibility index (Phi) is 5.32. The summed E-state index contributed by atoms with van der Waals surface area (Å²) in [6, 6.07) is 9.27. The fourth-order valence-electron chi connectivity index (χ4n) is 4.35. The molecule has 0 bridgehead atoms. The van der Waals surface area contributed by atoms with E-state index in [1.807, 2.05) is 18.2 Å². The van der Waals surface area contributed by atoms with Gasteiger partial charge in [0.2, 0.25) is 0 Å². The van der Waals surface area contributed by atoms with Crippen LogP contribution in [-0.2, 0) is 0 Å². The number of aromatic amines is 1. The van der Waals surface area contributed by atoms with Crippen LogP contribution in [0.3, 0.4) is 0 Å². The van der Waals surface area contributed by atoms with Crippen LogP contribution in [0.2, 0.25) is 0 Å². The summed E-state index contributed by atoms with van der Waals surface area (Å²) < 4.78 is 14.7. The third kappa shape index (κ3) is 3.58. The number of halogens is 1. The Labute approximate surface area is 177 Å². The summed E-state index contributed by atoms with van der Waals surface area (Å²) in [4.78, 5) is 4.64. The number of piperidine rings is 1. The van der Waals surface area contributed by atoms with Crippen molar-refractivity contribution < 1.29 is 4.39 Å². The maximum absolute atomic E-state index is 14.7. The van der Waals surface area contributed by atoms with Crippen LogP contribution >= 0.6 is 0 Å². The van der Waals surface area contributed by atoms with Crippen LogP contribution in [0.15, 0.2) is 42.7 Å². The molecule has 0 radical (unpaired) electrons. The molecule has 3 heterocycles. The smallest absolute Gasteiger partial charge is 0.151 e. The molecule has 1 N–H and O–H groups in total. The van der Waals surface area contributed by atoms with Gasteiger partial charge in [-0.15, -0.1) is 10.2 Å². The summed E-state index contributed by atoms with van der Waals surface area (Å²) in [6.07, 6.45) is 4.49.